The highest BCUT2D eigenvalue weighted by Crippen LogP contribution is 2.36. The number of aromatic amines is 1. The van der Waals surface area contributed by atoms with Gasteiger partial charge in [0.05, 0.1) is 12.7 Å². The van der Waals surface area contributed by atoms with E-state index in [1.807, 2.05) is 0 Å². The first-order chi connectivity index (χ1) is 10.5. The molecule has 1 aromatic heterocycles. The molecule has 130 valence electrons. The van der Waals surface area contributed by atoms with Crippen molar-refractivity contribution in [2.24, 2.45) is 0 Å². The van der Waals surface area contributed by atoms with Crippen LogP contribution in [0.2, 0.25) is 18.1 Å². The summed E-state index contributed by atoms with van der Waals surface area (Å²) < 4.78 is 10.9. The fraction of sp³-hybridized carbons (Fsp3) is 0.647. The first-order valence-electron chi connectivity index (χ1n) is 7.94. The number of pyridine rings is 1. The van der Waals surface area contributed by atoms with E-state index in [0.29, 0.717) is 24.2 Å². The minimum atomic E-state index is -1.77. The third kappa shape index (κ3) is 4.78. The van der Waals surface area contributed by atoms with Crippen molar-refractivity contribution in [1.82, 2.24) is 4.98 Å². The number of carbonyl (C=O) groups is 1. The molecule has 0 fully saturated rings. The molecule has 0 aliphatic heterocycles. The molecule has 0 aromatic carbocycles. The molecule has 23 heavy (non-hydrogen) atoms. The molecule has 0 atom stereocenters. The van der Waals surface area contributed by atoms with Gasteiger partial charge in [-0.05, 0) is 43.5 Å². The normalized spacial score (nSPS) is 12.3. The van der Waals surface area contributed by atoms with Crippen molar-refractivity contribution < 1.29 is 14.0 Å². The van der Waals surface area contributed by atoms with Crippen molar-refractivity contribution in [1.29, 1.82) is 0 Å². The Labute approximate surface area is 139 Å². The van der Waals surface area contributed by atoms with E-state index in [2.05, 4.69) is 38.8 Å². The van der Waals surface area contributed by atoms with Gasteiger partial charge in [-0.2, -0.15) is 0 Å². The first kappa shape index (κ1) is 19.6. The van der Waals surface area contributed by atoms with Gasteiger partial charge in [0.1, 0.15) is 0 Å². The molecule has 0 saturated carbocycles. The third-order valence-electron chi connectivity index (χ3n) is 4.71. The van der Waals surface area contributed by atoms with E-state index in [1.165, 1.54) is 13.3 Å². The number of carbonyl (C=O) groups excluding carboxylic acids is 1. The zero-order valence-electron chi connectivity index (χ0n) is 15.3. The fourth-order valence-corrected chi connectivity index (χ4v) is 3.17. The number of H-pyrrole nitrogens is 1. The van der Waals surface area contributed by atoms with Crippen molar-refractivity contribution in [3.8, 4) is 0 Å². The van der Waals surface area contributed by atoms with Gasteiger partial charge in [0.25, 0.3) is 5.56 Å². The average molecular weight is 340 g/mol. The molecular formula is C17H29NO4Si. The third-order valence-corrected chi connectivity index (χ3v) is 9.25. The van der Waals surface area contributed by atoms with Gasteiger partial charge in [-0.15, -0.1) is 0 Å². The van der Waals surface area contributed by atoms with Crippen LogP contribution in [0.25, 0.3) is 0 Å². The predicted molar refractivity (Wildman–Crippen MR) is 94.6 cm³/mol. The maximum absolute atomic E-state index is 11.9. The van der Waals surface area contributed by atoms with Gasteiger partial charge in [0.2, 0.25) is 0 Å². The number of hydrogen-bond acceptors (Lipinski definition) is 4. The molecule has 0 amide bonds. The van der Waals surface area contributed by atoms with Crippen LogP contribution in [-0.4, -0.2) is 33.0 Å². The van der Waals surface area contributed by atoms with Gasteiger partial charge in [-0.25, -0.2) is 4.79 Å². The van der Waals surface area contributed by atoms with Crippen LogP contribution in [0.1, 0.15) is 48.7 Å². The van der Waals surface area contributed by atoms with Crippen molar-refractivity contribution >= 4 is 14.3 Å². The maximum atomic E-state index is 11.9. The summed E-state index contributed by atoms with van der Waals surface area (Å²) in [6.45, 7) is 13.4. The van der Waals surface area contributed by atoms with Gasteiger partial charge >= 0.3 is 5.97 Å². The molecule has 0 aliphatic carbocycles. The summed E-state index contributed by atoms with van der Waals surface area (Å²) >= 11 is 0. The number of esters is 1. The Morgan fingerprint density at radius 3 is 2.43 bits per heavy atom. The Kier molecular flexibility index (Phi) is 6.36. The van der Waals surface area contributed by atoms with E-state index in [-0.39, 0.29) is 10.6 Å². The second-order valence-electron chi connectivity index (χ2n) is 7.34. The summed E-state index contributed by atoms with van der Waals surface area (Å²) in [6, 6.07) is 0. The molecule has 1 N–H and O–H groups in total. The molecule has 5 nitrogen and oxygen atoms in total. The number of rotatable bonds is 6. The summed E-state index contributed by atoms with van der Waals surface area (Å²) in [5.74, 6) is -0.426. The van der Waals surface area contributed by atoms with E-state index < -0.39 is 14.3 Å². The lowest BCUT2D eigenvalue weighted by atomic mass is 10.0. The predicted octanol–water partition coefficient (Wildman–Crippen LogP) is 3.42. The molecule has 0 radical (unpaired) electrons. The second kappa shape index (κ2) is 7.44. The number of ether oxygens (including phenoxy) is 1. The standard InChI is InChI=1S/C17H29NO4Si/c1-12-13(14(16(20)21-5)11-18-15(12)19)9-8-10-22-23(6,7)17(2,3)4/h11H,8-10H2,1-7H3,(H,18,19). The molecule has 0 aliphatic rings. The van der Waals surface area contributed by atoms with Crippen molar-refractivity contribution in [2.45, 2.75) is 58.7 Å². The summed E-state index contributed by atoms with van der Waals surface area (Å²) in [5.41, 5.74) is 1.58. The minimum absolute atomic E-state index is 0.169. The summed E-state index contributed by atoms with van der Waals surface area (Å²) in [5, 5.41) is 0.171. The number of methoxy groups -OCH3 is 1. The molecule has 1 aromatic rings. The van der Waals surface area contributed by atoms with Crippen LogP contribution in [0.15, 0.2) is 11.0 Å². The van der Waals surface area contributed by atoms with Gasteiger partial charge < -0.3 is 14.1 Å². The highest BCUT2D eigenvalue weighted by atomic mass is 28.4. The summed E-state index contributed by atoms with van der Waals surface area (Å²) in [7, 11) is -0.429. The van der Waals surface area contributed by atoms with E-state index >= 15 is 0 Å². The van der Waals surface area contributed by atoms with Crippen LogP contribution in [-0.2, 0) is 15.6 Å². The quantitative estimate of drug-likeness (QED) is 0.490. The highest BCUT2D eigenvalue weighted by molar-refractivity contribution is 6.74. The monoisotopic (exact) mass is 339 g/mol. The SMILES string of the molecule is COC(=O)c1c[nH]c(=O)c(C)c1CCCO[Si](C)(C)C(C)(C)C. The second-order valence-corrected chi connectivity index (χ2v) is 12.1. The number of nitrogens with one attached hydrogen (secondary N) is 1. The van der Waals surface area contributed by atoms with Crippen LogP contribution < -0.4 is 5.56 Å². The molecular weight excluding hydrogens is 310 g/mol. The van der Waals surface area contributed by atoms with Gasteiger partial charge in [-0.3, -0.25) is 4.79 Å². The topological polar surface area (TPSA) is 68.4 Å². The Balaban J connectivity index is 2.81. The van der Waals surface area contributed by atoms with Crippen LogP contribution in [0.4, 0.5) is 0 Å². The molecule has 1 heterocycles. The molecule has 6 heteroatoms. The van der Waals surface area contributed by atoms with Crippen LogP contribution in [0.5, 0.6) is 0 Å². The number of hydrogen-bond donors (Lipinski definition) is 1. The van der Waals surface area contributed by atoms with Gasteiger partial charge in [0.15, 0.2) is 8.32 Å². The molecule has 1 rings (SSSR count). The lowest BCUT2D eigenvalue weighted by Crippen LogP contribution is -2.41. The molecule has 0 bridgehead atoms. The minimum Gasteiger partial charge on any atom is -0.465 e. The summed E-state index contributed by atoms with van der Waals surface area (Å²) in [6.07, 6.45) is 2.82. The fourth-order valence-electron chi connectivity index (χ4n) is 2.08. The van der Waals surface area contributed by atoms with E-state index in [1.54, 1.807) is 6.92 Å². The molecule has 0 spiro atoms. The van der Waals surface area contributed by atoms with Crippen molar-refractivity contribution in [3.63, 3.8) is 0 Å². The molecule has 0 unspecified atom stereocenters. The lowest BCUT2D eigenvalue weighted by molar-refractivity contribution is 0.0598. The summed E-state index contributed by atoms with van der Waals surface area (Å²) in [4.78, 5) is 26.2. The Morgan fingerprint density at radius 2 is 1.91 bits per heavy atom. The highest BCUT2D eigenvalue weighted by Gasteiger charge is 2.36. The smallest absolute Gasteiger partial charge is 0.339 e. The van der Waals surface area contributed by atoms with Gasteiger partial charge in [-0.1, -0.05) is 20.8 Å². The van der Waals surface area contributed by atoms with Crippen LogP contribution in [0, 0.1) is 6.92 Å². The van der Waals surface area contributed by atoms with Crippen LogP contribution in [0.3, 0.4) is 0 Å². The largest absolute Gasteiger partial charge is 0.465 e. The van der Waals surface area contributed by atoms with Crippen LogP contribution >= 0.6 is 0 Å². The maximum Gasteiger partial charge on any atom is 0.339 e. The van der Waals surface area contributed by atoms with E-state index in [4.69, 9.17) is 9.16 Å². The number of aromatic nitrogens is 1. The Morgan fingerprint density at radius 1 is 1.30 bits per heavy atom. The zero-order chi connectivity index (χ0) is 17.8. The molecule has 0 saturated heterocycles. The van der Waals surface area contributed by atoms with E-state index in [9.17, 15) is 9.59 Å². The Hall–Kier alpha value is -1.40. The van der Waals surface area contributed by atoms with Crippen molar-refractivity contribution in [3.05, 3.63) is 33.2 Å². The zero-order valence-corrected chi connectivity index (χ0v) is 16.3. The van der Waals surface area contributed by atoms with Crippen molar-refractivity contribution in [2.75, 3.05) is 13.7 Å². The lowest BCUT2D eigenvalue weighted by Gasteiger charge is -2.36. The first-order valence-corrected chi connectivity index (χ1v) is 10.9. The van der Waals surface area contributed by atoms with E-state index in [0.717, 1.165) is 12.0 Å². The average Bonchev–Trinajstić information content (AvgIpc) is 2.45. The Bertz CT molecular complexity index is 614. The van der Waals surface area contributed by atoms with Gasteiger partial charge in [0, 0.05) is 18.4 Å².